The summed E-state index contributed by atoms with van der Waals surface area (Å²) >= 11 is 6.35. The summed E-state index contributed by atoms with van der Waals surface area (Å²) in [6.45, 7) is 3.24. The Labute approximate surface area is 220 Å². The number of fused-ring (bicyclic) bond motifs is 2. The molecule has 0 radical (unpaired) electrons. The molecule has 0 aliphatic heterocycles. The van der Waals surface area contributed by atoms with Gasteiger partial charge in [-0.2, -0.15) is 13.2 Å². The topological polar surface area (TPSA) is 89.3 Å². The van der Waals surface area contributed by atoms with E-state index < -0.39 is 29.7 Å². The van der Waals surface area contributed by atoms with Gasteiger partial charge in [-0.15, -0.1) is 0 Å². The van der Waals surface area contributed by atoms with Crippen LogP contribution in [0, 0.1) is 0 Å². The molecule has 0 bridgehead atoms. The van der Waals surface area contributed by atoms with Gasteiger partial charge in [-0.25, -0.2) is 9.97 Å². The van der Waals surface area contributed by atoms with E-state index in [0.29, 0.717) is 27.8 Å². The van der Waals surface area contributed by atoms with Crippen LogP contribution in [0.1, 0.15) is 37.4 Å². The summed E-state index contributed by atoms with van der Waals surface area (Å²) in [4.78, 5) is 20.7. The van der Waals surface area contributed by atoms with Gasteiger partial charge in [0.1, 0.15) is 12.1 Å². The van der Waals surface area contributed by atoms with Gasteiger partial charge in [-0.1, -0.05) is 37.6 Å². The Morgan fingerprint density at radius 3 is 2.50 bits per heavy atom. The number of anilines is 1. The van der Waals surface area contributed by atoms with Crippen LogP contribution in [-0.2, 0) is 5.41 Å². The van der Waals surface area contributed by atoms with E-state index in [-0.39, 0.29) is 21.9 Å². The third-order valence-electron chi connectivity index (χ3n) is 7.06. The molecule has 2 N–H and O–H groups in total. The van der Waals surface area contributed by atoms with Crippen LogP contribution >= 0.6 is 11.6 Å². The first kappa shape index (κ1) is 26.0. The van der Waals surface area contributed by atoms with Gasteiger partial charge in [-0.3, -0.25) is 9.36 Å². The fraction of sp³-hybridized carbons (Fsp3) is 0.296. The third-order valence-corrected chi connectivity index (χ3v) is 7.35. The fourth-order valence-corrected chi connectivity index (χ4v) is 5.75. The Hall–Kier alpha value is -3.63. The Balaban J connectivity index is 1.75. The van der Waals surface area contributed by atoms with Gasteiger partial charge >= 0.3 is 6.18 Å². The second-order valence-electron chi connectivity index (χ2n) is 9.95. The monoisotopic (exact) mass is 544 g/mol. The first-order valence-electron chi connectivity index (χ1n) is 11.7. The average Bonchev–Trinajstić information content (AvgIpc) is 2.86. The van der Waals surface area contributed by atoms with Crippen molar-refractivity contribution >= 4 is 28.2 Å². The summed E-state index contributed by atoms with van der Waals surface area (Å²) < 4.78 is 50.7. The molecular formula is C27H24ClF3N4O3. The zero-order valence-corrected chi connectivity index (χ0v) is 21.4. The summed E-state index contributed by atoms with van der Waals surface area (Å²) in [7, 11) is 1.40. The van der Waals surface area contributed by atoms with Crippen LogP contribution in [-0.4, -0.2) is 38.5 Å². The molecule has 2 aromatic heterocycles. The van der Waals surface area contributed by atoms with Crippen molar-refractivity contribution in [2.75, 3.05) is 12.4 Å². The molecule has 2 atom stereocenters. The van der Waals surface area contributed by atoms with Crippen molar-refractivity contribution in [2.24, 2.45) is 0 Å². The SMILES string of the molecule is COc1c(Cl)ccc2c1C(C)(C)CC(O)(C(F)(F)F)C2Nc1cccc2c1ccc(=O)n2-c1cncnc1. The van der Waals surface area contributed by atoms with E-state index >= 15 is 0 Å². The number of nitrogens with one attached hydrogen (secondary N) is 1. The van der Waals surface area contributed by atoms with Crippen molar-refractivity contribution in [2.45, 2.75) is 43.5 Å². The van der Waals surface area contributed by atoms with Gasteiger partial charge in [0.05, 0.1) is 41.8 Å². The molecule has 0 saturated heterocycles. The molecule has 1 aliphatic rings. The van der Waals surface area contributed by atoms with Crippen molar-refractivity contribution in [1.82, 2.24) is 14.5 Å². The first-order chi connectivity index (χ1) is 17.9. The molecule has 5 rings (SSSR count). The van der Waals surface area contributed by atoms with Crippen molar-refractivity contribution in [3.63, 3.8) is 0 Å². The van der Waals surface area contributed by atoms with E-state index in [2.05, 4.69) is 15.3 Å². The fourth-order valence-electron chi connectivity index (χ4n) is 5.52. The minimum Gasteiger partial charge on any atom is -0.495 e. The summed E-state index contributed by atoms with van der Waals surface area (Å²) in [6, 6.07) is 9.07. The van der Waals surface area contributed by atoms with Crippen LogP contribution in [0.25, 0.3) is 16.6 Å². The Morgan fingerprint density at radius 2 is 1.84 bits per heavy atom. The van der Waals surface area contributed by atoms with Crippen molar-refractivity contribution in [3.05, 3.63) is 87.7 Å². The lowest BCUT2D eigenvalue weighted by molar-refractivity contribution is -0.275. The normalized spacial score (nSPS) is 20.7. The number of nitrogens with zero attached hydrogens (tertiary/aromatic N) is 3. The quantitative estimate of drug-likeness (QED) is 0.349. The number of hydrogen-bond donors (Lipinski definition) is 2. The van der Waals surface area contributed by atoms with Gasteiger partial charge in [-0.05, 0) is 41.7 Å². The zero-order chi connectivity index (χ0) is 27.5. The maximum atomic E-state index is 14.6. The predicted molar refractivity (Wildman–Crippen MR) is 138 cm³/mol. The summed E-state index contributed by atoms with van der Waals surface area (Å²) in [5, 5.41) is 15.1. The predicted octanol–water partition coefficient (Wildman–Crippen LogP) is 5.57. The number of ether oxygens (including phenoxy) is 1. The van der Waals surface area contributed by atoms with E-state index in [1.54, 1.807) is 32.0 Å². The van der Waals surface area contributed by atoms with Crippen LogP contribution in [0.5, 0.6) is 5.75 Å². The molecule has 0 amide bonds. The van der Waals surface area contributed by atoms with Gasteiger partial charge in [0.25, 0.3) is 5.56 Å². The molecule has 2 unspecified atom stereocenters. The van der Waals surface area contributed by atoms with Crippen LogP contribution in [0.15, 0.2) is 66.0 Å². The highest BCUT2D eigenvalue weighted by molar-refractivity contribution is 6.32. The number of hydrogen-bond acceptors (Lipinski definition) is 6. The number of pyridine rings is 1. The van der Waals surface area contributed by atoms with Crippen LogP contribution in [0.4, 0.5) is 18.9 Å². The van der Waals surface area contributed by atoms with E-state index in [0.717, 1.165) is 0 Å². The maximum Gasteiger partial charge on any atom is 0.419 e. The molecule has 1 aliphatic carbocycles. The second kappa shape index (κ2) is 8.99. The van der Waals surface area contributed by atoms with Crippen molar-refractivity contribution in [3.8, 4) is 11.4 Å². The van der Waals surface area contributed by atoms with Crippen molar-refractivity contribution in [1.29, 1.82) is 0 Å². The smallest absolute Gasteiger partial charge is 0.419 e. The highest BCUT2D eigenvalue weighted by atomic mass is 35.5. The van der Waals surface area contributed by atoms with Crippen LogP contribution in [0.3, 0.4) is 0 Å². The van der Waals surface area contributed by atoms with E-state index in [1.807, 2.05) is 0 Å². The van der Waals surface area contributed by atoms with E-state index in [4.69, 9.17) is 16.3 Å². The minimum absolute atomic E-state index is 0.212. The van der Waals surface area contributed by atoms with Crippen LogP contribution < -0.4 is 15.6 Å². The molecule has 2 aromatic carbocycles. The molecule has 0 fully saturated rings. The summed E-state index contributed by atoms with van der Waals surface area (Å²) in [5.74, 6) is 0.265. The van der Waals surface area contributed by atoms with Crippen LogP contribution in [0.2, 0.25) is 5.02 Å². The molecule has 198 valence electrons. The van der Waals surface area contributed by atoms with Gasteiger partial charge in [0.2, 0.25) is 0 Å². The number of aromatic nitrogens is 3. The molecule has 7 nitrogen and oxygen atoms in total. The third kappa shape index (κ3) is 3.99. The zero-order valence-electron chi connectivity index (χ0n) is 20.7. The molecule has 2 heterocycles. The largest absolute Gasteiger partial charge is 0.495 e. The molecule has 0 saturated carbocycles. The lowest BCUT2D eigenvalue weighted by Crippen LogP contribution is -2.58. The summed E-state index contributed by atoms with van der Waals surface area (Å²) in [6.07, 6.45) is -1.35. The number of alkyl halides is 3. The minimum atomic E-state index is -4.97. The van der Waals surface area contributed by atoms with Gasteiger partial charge in [0, 0.05) is 22.7 Å². The number of methoxy groups -OCH3 is 1. The molecule has 4 aromatic rings. The number of aliphatic hydroxyl groups is 1. The van der Waals surface area contributed by atoms with E-state index in [1.165, 1.54) is 54.7 Å². The Kier molecular flexibility index (Phi) is 6.15. The number of benzene rings is 2. The van der Waals surface area contributed by atoms with Gasteiger partial charge in [0.15, 0.2) is 5.60 Å². The molecular weight excluding hydrogens is 521 g/mol. The average molecular weight is 545 g/mol. The van der Waals surface area contributed by atoms with Crippen molar-refractivity contribution < 1.29 is 23.0 Å². The Morgan fingerprint density at radius 1 is 1.13 bits per heavy atom. The maximum absolute atomic E-state index is 14.6. The number of halogens is 4. The highest BCUT2D eigenvalue weighted by Crippen LogP contribution is 2.57. The second-order valence-corrected chi connectivity index (χ2v) is 10.4. The molecule has 0 spiro atoms. The lowest BCUT2D eigenvalue weighted by atomic mass is 9.63. The molecule has 11 heteroatoms. The van der Waals surface area contributed by atoms with Gasteiger partial charge < -0.3 is 15.2 Å². The summed E-state index contributed by atoms with van der Waals surface area (Å²) in [5.41, 5.74) is -2.80. The number of rotatable bonds is 4. The highest BCUT2D eigenvalue weighted by Gasteiger charge is 2.64. The lowest BCUT2D eigenvalue weighted by Gasteiger charge is -2.49. The molecule has 38 heavy (non-hydrogen) atoms. The Bertz CT molecular complexity index is 1590. The first-order valence-corrected chi connectivity index (χ1v) is 12.1. The van der Waals surface area contributed by atoms with E-state index in [9.17, 15) is 23.1 Å². The standard InChI is InChI=1S/C27H24ClF3N4O3/c1-25(2)13-26(37,27(29,30)31)24(17-7-9-18(28)23(38-3)22(17)25)34-19-5-4-6-20-16(19)8-10-21(36)35(20)15-11-32-14-33-12-15/h4-12,14,24,34,37H,13H2,1-3H3.